The highest BCUT2D eigenvalue weighted by Crippen LogP contribution is 2.52. The van der Waals surface area contributed by atoms with E-state index in [0.717, 1.165) is 18.4 Å². The number of β-amino-alcohol motifs (C(OH)–C–C–N with tert-alkyl or cyclic N) is 1. The first-order chi connectivity index (χ1) is 9.94. The minimum absolute atomic E-state index is 0.327. The molecule has 1 heterocycles. The smallest absolute Gasteiger partial charge is 0.184 e. The summed E-state index contributed by atoms with van der Waals surface area (Å²) >= 11 is 18.0. The van der Waals surface area contributed by atoms with Crippen molar-refractivity contribution >= 4 is 40.5 Å². The highest BCUT2D eigenvalue weighted by molar-refractivity contribution is 7.80. The number of halogens is 2. The van der Waals surface area contributed by atoms with Crippen molar-refractivity contribution in [3.63, 3.8) is 0 Å². The van der Waals surface area contributed by atoms with Gasteiger partial charge in [-0.2, -0.15) is 0 Å². The fourth-order valence-electron chi connectivity index (χ4n) is 2.66. The van der Waals surface area contributed by atoms with Gasteiger partial charge in [-0.1, -0.05) is 29.8 Å². The van der Waals surface area contributed by atoms with Gasteiger partial charge in [0, 0.05) is 11.4 Å². The number of hydrogen-bond acceptors (Lipinski definition) is 3. The van der Waals surface area contributed by atoms with Crippen LogP contribution in [0.3, 0.4) is 0 Å². The Balaban J connectivity index is 1.84. The normalized spacial score (nSPS) is 22.8. The van der Waals surface area contributed by atoms with Gasteiger partial charge in [0.2, 0.25) is 0 Å². The van der Waals surface area contributed by atoms with Crippen LogP contribution < -0.4 is 10.7 Å². The van der Waals surface area contributed by atoms with Crippen LogP contribution in [0.15, 0.2) is 24.3 Å². The molecule has 0 amide bonds. The molecule has 0 bridgehead atoms. The minimum Gasteiger partial charge on any atom is -0.386 e. The van der Waals surface area contributed by atoms with Gasteiger partial charge in [0.15, 0.2) is 5.11 Å². The molecule has 2 fully saturated rings. The van der Waals surface area contributed by atoms with Crippen molar-refractivity contribution in [1.82, 2.24) is 15.8 Å². The average Bonchev–Trinajstić information content (AvgIpc) is 3.09. The second kappa shape index (κ2) is 5.56. The van der Waals surface area contributed by atoms with Gasteiger partial charge in [-0.05, 0) is 36.7 Å². The summed E-state index contributed by atoms with van der Waals surface area (Å²) in [7, 11) is 0. The summed E-state index contributed by atoms with van der Waals surface area (Å²) in [6.07, 6.45) is 1.99. The molecule has 1 unspecified atom stereocenters. The first kappa shape index (κ1) is 15.3. The summed E-state index contributed by atoms with van der Waals surface area (Å²) in [5.74, 6) is 0. The van der Waals surface area contributed by atoms with Crippen molar-refractivity contribution in [3.8, 4) is 0 Å². The molecule has 4 nitrogen and oxygen atoms in total. The predicted octanol–water partition coefficient (Wildman–Crippen LogP) is 2.04. The molecule has 1 aromatic carbocycles. The molecule has 1 aromatic rings. The van der Waals surface area contributed by atoms with Crippen LogP contribution in [0.2, 0.25) is 5.02 Å². The molecule has 114 valence electrons. The maximum absolute atomic E-state index is 11.2. The van der Waals surface area contributed by atoms with Crippen LogP contribution in [0.5, 0.6) is 0 Å². The molecular weight excluding hydrogens is 329 g/mol. The molecule has 1 saturated carbocycles. The number of nitrogens with one attached hydrogen (secondary N) is 2. The lowest BCUT2D eigenvalue weighted by Crippen LogP contribution is -2.55. The molecule has 7 heteroatoms. The van der Waals surface area contributed by atoms with E-state index in [1.807, 2.05) is 24.3 Å². The lowest BCUT2D eigenvalue weighted by atomic mass is 9.88. The van der Waals surface area contributed by atoms with Gasteiger partial charge in [-0.3, -0.25) is 5.01 Å². The van der Waals surface area contributed by atoms with Crippen molar-refractivity contribution < 1.29 is 5.11 Å². The summed E-state index contributed by atoms with van der Waals surface area (Å²) < 4.78 is 0. The zero-order valence-electron chi connectivity index (χ0n) is 11.4. The van der Waals surface area contributed by atoms with Crippen molar-refractivity contribution in [2.45, 2.75) is 29.7 Å². The Morgan fingerprint density at radius 2 is 2.10 bits per heavy atom. The van der Waals surface area contributed by atoms with Crippen LogP contribution in [-0.4, -0.2) is 38.9 Å². The largest absolute Gasteiger partial charge is 0.386 e. The Bertz CT molecular complexity index is 567. The number of alkyl halides is 1. The molecule has 0 spiro atoms. The number of benzene rings is 1. The first-order valence-corrected chi connectivity index (χ1v) is 8.04. The van der Waals surface area contributed by atoms with E-state index >= 15 is 0 Å². The third-order valence-electron chi connectivity index (χ3n) is 4.14. The van der Waals surface area contributed by atoms with E-state index in [9.17, 15) is 5.11 Å². The van der Waals surface area contributed by atoms with Gasteiger partial charge >= 0.3 is 0 Å². The zero-order chi connectivity index (χ0) is 15.1. The quantitative estimate of drug-likeness (QED) is 0.563. The maximum atomic E-state index is 11.2. The lowest BCUT2D eigenvalue weighted by Gasteiger charge is -2.36. The average molecular weight is 346 g/mol. The monoisotopic (exact) mass is 345 g/mol. The molecular formula is C14H17Cl2N3OS. The predicted molar refractivity (Wildman–Crippen MR) is 88.4 cm³/mol. The summed E-state index contributed by atoms with van der Waals surface area (Å²) in [6.45, 7) is 0.893. The van der Waals surface area contributed by atoms with Crippen LogP contribution in [0.1, 0.15) is 18.4 Å². The van der Waals surface area contributed by atoms with Gasteiger partial charge in [0.05, 0.1) is 18.1 Å². The van der Waals surface area contributed by atoms with Gasteiger partial charge in [0.1, 0.15) is 5.60 Å². The van der Waals surface area contributed by atoms with Crippen molar-refractivity contribution in [2.24, 2.45) is 0 Å². The summed E-state index contributed by atoms with van der Waals surface area (Å²) in [5, 5.41) is 17.2. The van der Waals surface area contributed by atoms with Crippen molar-refractivity contribution in [2.75, 3.05) is 13.2 Å². The maximum Gasteiger partial charge on any atom is 0.184 e. The van der Waals surface area contributed by atoms with Crippen LogP contribution in [0, 0.1) is 0 Å². The third kappa shape index (κ3) is 2.98. The Morgan fingerprint density at radius 1 is 1.38 bits per heavy atom. The van der Waals surface area contributed by atoms with E-state index < -0.39 is 10.5 Å². The van der Waals surface area contributed by atoms with Crippen LogP contribution in [0.25, 0.3) is 0 Å². The molecule has 3 N–H and O–H groups in total. The standard InChI is InChI=1S/C14H17Cl2N3OS/c15-11-4-2-1-3-10(11)7-14(20,13(16)5-6-13)8-19-12(21)17-9-18-19/h1-4,18,20H,5-9H2,(H,17,21). The molecule has 1 aliphatic heterocycles. The third-order valence-corrected chi connectivity index (χ3v) is 5.60. The Hall–Kier alpha value is -0.590. The van der Waals surface area contributed by atoms with E-state index in [-0.39, 0.29) is 0 Å². The van der Waals surface area contributed by atoms with E-state index in [1.165, 1.54) is 0 Å². The van der Waals surface area contributed by atoms with Crippen LogP contribution in [0.4, 0.5) is 0 Å². The number of nitrogens with zero attached hydrogens (tertiary/aromatic N) is 1. The molecule has 1 atom stereocenters. The summed E-state index contributed by atoms with van der Waals surface area (Å²) in [6, 6.07) is 7.53. The summed E-state index contributed by atoms with van der Waals surface area (Å²) in [5.41, 5.74) is 2.89. The topological polar surface area (TPSA) is 47.5 Å². The van der Waals surface area contributed by atoms with Gasteiger partial charge in [-0.15, -0.1) is 11.6 Å². The highest BCUT2D eigenvalue weighted by atomic mass is 35.5. The van der Waals surface area contributed by atoms with Gasteiger partial charge in [-0.25, -0.2) is 5.43 Å². The zero-order valence-corrected chi connectivity index (χ0v) is 13.7. The Morgan fingerprint density at radius 3 is 2.67 bits per heavy atom. The van der Waals surface area contributed by atoms with Crippen LogP contribution in [-0.2, 0) is 6.42 Å². The first-order valence-electron chi connectivity index (χ1n) is 6.87. The van der Waals surface area contributed by atoms with Gasteiger partial charge < -0.3 is 10.4 Å². The molecule has 0 radical (unpaired) electrons. The van der Waals surface area contributed by atoms with Gasteiger partial charge in [0.25, 0.3) is 0 Å². The highest BCUT2D eigenvalue weighted by Gasteiger charge is 2.58. The molecule has 1 aliphatic carbocycles. The molecule has 1 saturated heterocycles. The van der Waals surface area contributed by atoms with E-state index in [4.69, 9.17) is 35.4 Å². The number of thiocarbonyl (C=S) groups is 1. The molecule has 0 aromatic heterocycles. The van der Waals surface area contributed by atoms with Crippen molar-refractivity contribution in [1.29, 1.82) is 0 Å². The number of hydrogen-bond donors (Lipinski definition) is 3. The fraction of sp³-hybridized carbons (Fsp3) is 0.500. The SMILES string of the molecule is OC(Cc1ccccc1Cl)(CN1NCNC1=S)C1(Cl)CC1. The molecule has 21 heavy (non-hydrogen) atoms. The molecule has 2 aliphatic rings. The van der Waals surface area contributed by atoms with E-state index in [1.54, 1.807) is 5.01 Å². The number of aliphatic hydroxyl groups is 1. The number of hydrazine groups is 1. The van der Waals surface area contributed by atoms with E-state index in [0.29, 0.717) is 29.8 Å². The lowest BCUT2D eigenvalue weighted by molar-refractivity contribution is 0.00281. The van der Waals surface area contributed by atoms with Crippen LogP contribution >= 0.6 is 35.4 Å². The Labute approximate surface area is 139 Å². The fourth-order valence-corrected chi connectivity index (χ4v) is 3.28. The second-order valence-corrected chi connectivity index (χ2v) is 7.19. The summed E-state index contributed by atoms with van der Waals surface area (Å²) in [4.78, 5) is -0.605. The number of rotatable bonds is 5. The second-order valence-electron chi connectivity index (χ2n) is 5.67. The van der Waals surface area contributed by atoms with Crippen molar-refractivity contribution in [3.05, 3.63) is 34.9 Å². The van der Waals surface area contributed by atoms with E-state index in [2.05, 4.69) is 10.7 Å². The Kier molecular flexibility index (Phi) is 4.05. The molecule has 3 rings (SSSR count). The minimum atomic E-state index is -1.09.